The van der Waals surface area contributed by atoms with Gasteiger partial charge < -0.3 is 15.2 Å². The molecule has 0 saturated carbocycles. The highest BCUT2D eigenvalue weighted by molar-refractivity contribution is 5.87. The molecule has 0 aliphatic rings. The van der Waals surface area contributed by atoms with Crippen LogP contribution < -0.4 is 10.1 Å². The maximum Gasteiger partial charge on any atom is 0.335 e. The molecule has 0 saturated heterocycles. The van der Waals surface area contributed by atoms with E-state index in [1.165, 1.54) is 12.1 Å². The van der Waals surface area contributed by atoms with Crippen LogP contribution in [0.1, 0.15) is 10.4 Å². The van der Waals surface area contributed by atoms with Gasteiger partial charge in [0.2, 0.25) is 0 Å². The molecule has 0 aliphatic heterocycles. The van der Waals surface area contributed by atoms with Crippen molar-refractivity contribution in [3.05, 3.63) is 59.7 Å². The summed E-state index contributed by atoms with van der Waals surface area (Å²) < 4.78 is 31.6. The minimum atomic E-state index is -1.04. The Morgan fingerprint density at radius 3 is 2.76 bits per heavy atom. The molecule has 2 N–H and O–H groups in total. The van der Waals surface area contributed by atoms with Crippen LogP contribution in [0.4, 0.5) is 14.5 Å². The van der Waals surface area contributed by atoms with Crippen LogP contribution in [0.15, 0.2) is 42.5 Å². The van der Waals surface area contributed by atoms with Crippen LogP contribution in [0.25, 0.3) is 0 Å². The third-order valence-electron chi connectivity index (χ3n) is 2.70. The van der Waals surface area contributed by atoms with Gasteiger partial charge in [-0.1, -0.05) is 6.07 Å². The van der Waals surface area contributed by atoms with Crippen LogP contribution in [0, 0.1) is 11.6 Å². The molecule has 110 valence electrons. The average molecular weight is 293 g/mol. The van der Waals surface area contributed by atoms with Gasteiger partial charge in [0.15, 0.2) is 0 Å². The number of carbonyl (C=O) groups is 1. The lowest BCUT2D eigenvalue weighted by Crippen LogP contribution is -2.12. The Hall–Kier alpha value is -2.63. The number of aromatic carboxylic acids is 1. The molecule has 0 spiro atoms. The summed E-state index contributed by atoms with van der Waals surface area (Å²) in [5.41, 5.74) is 0.175. The summed E-state index contributed by atoms with van der Waals surface area (Å²) in [6, 6.07) is 9.16. The Morgan fingerprint density at radius 1 is 1.19 bits per heavy atom. The highest BCUT2D eigenvalue weighted by Gasteiger charge is 2.05. The van der Waals surface area contributed by atoms with Gasteiger partial charge in [-0.15, -0.1) is 0 Å². The van der Waals surface area contributed by atoms with Crippen LogP contribution in [-0.4, -0.2) is 24.2 Å². The minimum absolute atomic E-state index is 0.0536. The van der Waals surface area contributed by atoms with Gasteiger partial charge in [0.05, 0.1) is 11.3 Å². The van der Waals surface area contributed by atoms with Crippen molar-refractivity contribution in [2.45, 2.75) is 0 Å². The van der Waals surface area contributed by atoms with Gasteiger partial charge in [-0.3, -0.25) is 0 Å². The normalized spacial score (nSPS) is 10.2. The molecular formula is C15H13F2NO3. The fourth-order valence-electron chi connectivity index (χ4n) is 1.71. The van der Waals surface area contributed by atoms with E-state index in [4.69, 9.17) is 9.84 Å². The maximum atomic E-state index is 13.3. The molecule has 2 aromatic carbocycles. The number of nitrogens with one attached hydrogen (secondary N) is 1. The number of hydrogen-bond acceptors (Lipinski definition) is 3. The van der Waals surface area contributed by atoms with Crippen LogP contribution in [0.2, 0.25) is 0 Å². The quantitative estimate of drug-likeness (QED) is 0.803. The lowest BCUT2D eigenvalue weighted by Gasteiger charge is -2.09. The Balaban J connectivity index is 1.86. The molecular weight excluding hydrogens is 280 g/mol. The highest BCUT2D eigenvalue weighted by Crippen LogP contribution is 2.16. The predicted molar refractivity (Wildman–Crippen MR) is 73.7 cm³/mol. The Labute approximate surface area is 120 Å². The second kappa shape index (κ2) is 6.69. The molecule has 0 heterocycles. The smallest absolute Gasteiger partial charge is 0.335 e. The van der Waals surface area contributed by atoms with E-state index in [9.17, 15) is 13.6 Å². The van der Waals surface area contributed by atoms with E-state index >= 15 is 0 Å². The molecule has 0 radical (unpaired) electrons. The number of halogens is 2. The van der Waals surface area contributed by atoms with Crippen LogP contribution in [-0.2, 0) is 0 Å². The van der Waals surface area contributed by atoms with Crippen molar-refractivity contribution in [2.75, 3.05) is 18.5 Å². The third-order valence-corrected chi connectivity index (χ3v) is 2.70. The van der Waals surface area contributed by atoms with Crippen LogP contribution >= 0.6 is 0 Å². The van der Waals surface area contributed by atoms with Crippen LogP contribution in [0.3, 0.4) is 0 Å². The summed E-state index contributed by atoms with van der Waals surface area (Å²) in [5, 5.41) is 11.5. The minimum Gasteiger partial charge on any atom is -0.492 e. The predicted octanol–water partition coefficient (Wildman–Crippen LogP) is 3.15. The van der Waals surface area contributed by atoms with Gasteiger partial charge in [0.25, 0.3) is 0 Å². The number of carboxylic acids is 1. The first-order valence-corrected chi connectivity index (χ1v) is 6.21. The largest absolute Gasteiger partial charge is 0.492 e. The van der Waals surface area contributed by atoms with E-state index in [2.05, 4.69) is 5.32 Å². The van der Waals surface area contributed by atoms with Crippen molar-refractivity contribution < 1.29 is 23.4 Å². The fourth-order valence-corrected chi connectivity index (χ4v) is 1.71. The number of benzene rings is 2. The summed E-state index contributed by atoms with van der Waals surface area (Å²) in [7, 11) is 0. The van der Waals surface area contributed by atoms with Gasteiger partial charge in [0.1, 0.15) is 24.0 Å². The van der Waals surface area contributed by atoms with Crippen molar-refractivity contribution in [1.82, 2.24) is 0 Å². The first-order chi connectivity index (χ1) is 10.1. The first-order valence-electron chi connectivity index (χ1n) is 6.21. The van der Waals surface area contributed by atoms with E-state index in [0.717, 1.165) is 18.2 Å². The Bertz CT molecular complexity index is 647. The van der Waals surface area contributed by atoms with Crippen molar-refractivity contribution in [3.8, 4) is 5.75 Å². The monoisotopic (exact) mass is 293 g/mol. The third kappa shape index (κ3) is 4.17. The van der Waals surface area contributed by atoms with E-state index in [-0.39, 0.29) is 24.4 Å². The van der Waals surface area contributed by atoms with Gasteiger partial charge in [0, 0.05) is 6.54 Å². The van der Waals surface area contributed by atoms with Crippen molar-refractivity contribution in [2.24, 2.45) is 0 Å². The van der Waals surface area contributed by atoms with Crippen LogP contribution in [0.5, 0.6) is 5.75 Å². The number of hydrogen-bond donors (Lipinski definition) is 2. The van der Waals surface area contributed by atoms with E-state index in [1.54, 1.807) is 12.1 Å². The second-order valence-electron chi connectivity index (χ2n) is 4.23. The molecule has 0 atom stereocenters. The maximum absolute atomic E-state index is 13.3. The molecule has 0 aromatic heterocycles. The van der Waals surface area contributed by atoms with Crippen molar-refractivity contribution in [3.63, 3.8) is 0 Å². The highest BCUT2D eigenvalue weighted by atomic mass is 19.1. The molecule has 6 heteroatoms. The van der Waals surface area contributed by atoms with E-state index in [0.29, 0.717) is 5.75 Å². The topological polar surface area (TPSA) is 58.6 Å². The number of anilines is 1. The van der Waals surface area contributed by atoms with E-state index in [1.807, 2.05) is 0 Å². The fraction of sp³-hybridized carbons (Fsp3) is 0.133. The molecule has 0 bridgehead atoms. The molecule has 21 heavy (non-hydrogen) atoms. The molecule has 0 fully saturated rings. The number of ether oxygens (including phenoxy) is 1. The molecule has 0 unspecified atom stereocenters. The summed E-state index contributed by atoms with van der Waals surface area (Å²) >= 11 is 0. The van der Waals surface area contributed by atoms with E-state index < -0.39 is 17.6 Å². The summed E-state index contributed by atoms with van der Waals surface area (Å²) in [4.78, 5) is 10.8. The Kier molecular flexibility index (Phi) is 4.71. The van der Waals surface area contributed by atoms with Crippen molar-refractivity contribution in [1.29, 1.82) is 0 Å². The van der Waals surface area contributed by atoms with Gasteiger partial charge in [-0.05, 0) is 36.4 Å². The van der Waals surface area contributed by atoms with Gasteiger partial charge in [-0.2, -0.15) is 0 Å². The van der Waals surface area contributed by atoms with Crippen molar-refractivity contribution >= 4 is 11.7 Å². The second-order valence-corrected chi connectivity index (χ2v) is 4.23. The average Bonchev–Trinajstić information content (AvgIpc) is 2.47. The number of rotatable bonds is 6. The summed E-state index contributed by atoms with van der Waals surface area (Å²) in [6.07, 6.45) is 0. The zero-order valence-electron chi connectivity index (χ0n) is 11.0. The molecule has 0 aliphatic carbocycles. The zero-order valence-corrected chi connectivity index (χ0v) is 11.0. The SMILES string of the molecule is O=C(O)c1cccc(OCCNc2cc(F)ccc2F)c1. The first kappa shape index (κ1) is 14.8. The van der Waals surface area contributed by atoms with Gasteiger partial charge in [-0.25, -0.2) is 13.6 Å². The Morgan fingerprint density at radius 2 is 2.00 bits per heavy atom. The lowest BCUT2D eigenvalue weighted by atomic mass is 10.2. The molecule has 4 nitrogen and oxygen atoms in total. The summed E-state index contributed by atoms with van der Waals surface area (Å²) in [6.45, 7) is 0.427. The van der Waals surface area contributed by atoms with Gasteiger partial charge >= 0.3 is 5.97 Å². The number of carboxylic acid groups (broad SMARTS) is 1. The summed E-state index contributed by atoms with van der Waals surface area (Å²) in [5.74, 6) is -1.73. The molecule has 2 rings (SSSR count). The lowest BCUT2D eigenvalue weighted by molar-refractivity contribution is 0.0696. The zero-order chi connectivity index (χ0) is 15.2. The molecule has 0 amide bonds. The standard InChI is InChI=1S/C15H13F2NO3/c16-11-4-5-13(17)14(9-11)18-6-7-21-12-3-1-2-10(8-12)15(19)20/h1-5,8-9,18H,6-7H2,(H,19,20). The molecule has 2 aromatic rings.